The van der Waals surface area contributed by atoms with Crippen LogP contribution in [0.25, 0.3) is 32.9 Å². The third kappa shape index (κ3) is 4.41. The zero-order chi connectivity index (χ0) is 29.7. The van der Waals surface area contributed by atoms with Crippen LogP contribution in [0.3, 0.4) is 0 Å². The fourth-order valence-corrected chi connectivity index (χ4v) is 5.93. The Morgan fingerprint density at radius 2 is 2.00 bits per heavy atom. The van der Waals surface area contributed by atoms with Crippen molar-refractivity contribution in [2.24, 2.45) is 0 Å². The first-order chi connectivity index (χ1) is 20.2. The lowest BCUT2D eigenvalue weighted by Gasteiger charge is -2.41. The number of carbonyl (C=O) groups excluding carboxylic acids is 2. The van der Waals surface area contributed by atoms with Crippen molar-refractivity contribution in [3.05, 3.63) is 58.1 Å². The second kappa shape index (κ2) is 10.3. The Hall–Kier alpha value is -5.25. The number of nitrogens with zero attached hydrogens (tertiary/aromatic N) is 4. The molecule has 214 valence electrons. The number of ether oxygens (including phenoxy) is 2. The molecule has 2 saturated heterocycles. The lowest BCUT2D eigenvalue weighted by atomic mass is 9.96. The molecule has 2 aromatic carbocycles. The van der Waals surface area contributed by atoms with Gasteiger partial charge in [0.15, 0.2) is 5.82 Å². The number of H-pyrrole nitrogens is 1. The van der Waals surface area contributed by atoms with Crippen LogP contribution in [0.5, 0.6) is 5.75 Å². The maximum atomic E-state index is 16.2. The first-order valence-corrected chi connectivity index (χ1v) is 13.0. The maximum Gasteiger partial charge on any atom is 0.413 e. The minimum Gasteiger partial charge on any atom is -0.508 e. The molecule has 11 nitrogen and oxygen atoms in total. The summed E-state index contributed by atoms with van der Waals surface area (Å²) in [6.07, 6.45) is 6.56. The summed E-state index contributed by atoms with van der Waals surface area (Å²) in [6, 6.07) is 4.61. The van der Waals surface area contributed by atoms with Gasteiger partial charge in [-0.05, 0) is 36.4 Å². The molecule has 2 bridgehead atoms. The quantitative estimate of drug-likeness (QED) is 0.208. The number of phenolic OH excluding ortho intramolecular Hbond substituents is 1. The average molecular weight is 576 g/mol. The van der Waals surface area contributed by atoms with Gasteiger partial charge in [0.1, 0.15) is 23.1 Å². The summed E-state index contributed by atoms with van der Waals surface area (Å²) >= 11 is 0. The standard InChI is InChI=1S/C29H23F2N5O6/c1-3-19-22(30)7-4-15-8-18(38)9-20(23(15)19)25-24(31)26-21(10-32-25)27(34-28(39)33-26)35-11-16-5-6-17(12-35)36(16)29(40)42-14(2)41-13-37/h1,4,7-10,13-14,16-17,38H,5-6,11-12H2,2H3,(H,33,34,39). The Morgan fingerprint density at radius 1 is 1.26 bits per heavy atom. The smallest absolute Gasteiger partial charge is 0.413 e. The van der Waals surface area contributed by atoms with Gasteiger partial charge in [0.05, 0.1) is 28.6 Å². The fourth-order valence-electron chi connectivity index (χ4n) is 5.93. The second-order valence-electron chi connectivity index (χ2n) is 10.1. The van der Waals surface area contributed by atoms with Crippen LogP contribution in [-0.2, 0) is 14.3 Å². The predicted octanol–water partition coefficient (Wildman–Crippen LogP) is 3.41. The van der Waals surface area contributed by atoms with Gasteiger partial charge in [0.25, 0.3) is 6.47 Å². The Labute approximate surface area is 236 Å². The molecule has 2 aromatic heterocycles. The van der Waals surface area contributed by atoms with Crippen LogP contribution in [0.4, 0.5) is 19.4 Å². The summed E-state index contributed by atoms with van der Waals surface area (Å²) < 4.78 is 40.6. The number of phenols is 1. The number of halogens is 2. The highest BCUT2D eigenvalue weighted by Crippen LogP contribution is 2.39. The zero-order valence-electron chi connectivity index (χ0n) is 22.1. The van der Waals surface area contributed by atoms with Crippen LogP contribution in [-0.4, -0.2) is 69.0 Å². The van der Waals surface area contributed by atoms with E-state index in [1.807, 2.05) is 0 Å². The number of amides is 1. The van der Waals surface area contributed by atoms with Gasteiger partial charge in [-0.25, -0.2) is 18.4 Å². The van der Waals surface area contributed by atoms with E-state index in [0.717, 1.165) is 6.07 Å². The second-order valence-corrected chi connectivity index (χ2v) is 10.1. The third-order valence-corrected chi connectivity index (χ3v) is 7.66. The zero-order valence-corrected chi connectivity index (χ0v) is 22.1. The van der Waals surface area contributed by atoms with Crippen molar-refractivity contribution in [3.63, 3.8) is 0 Å². The molecule has 3 unspecified atom stereocenters. The van der Waals surface area contributed by atoms with E-state index in [1.54, 1.807) is 9.80 Å². The molecule has 42 heavy (non-hydrogen) atoms. The van der Waals surface area contributed by atoms with E-state index in [9.17, 15) is 23.9 Å². The number of terminal acetylenes is 1. The Kier molecular flexibility index (Phi) is 6.61. The van der Waals surface area contributed by atoms with Crippen molar-refractivity contribution in [2.45, 2.75) is 38.1 Å². The minimum absolute atomic E-state index is 0.0500. The van der Waals surface area contributed by atoms with Crippen LogP contribution in [0.1, 0.15) is 25.3 Å². The highest BCUT2D eigenvalue weighted by atomic mass is 19.1. The number of aromatic amines is 1. The summed E-state index contributed by atoms with van der Waals surface area (Å²) in [5, 5.41) is 11.1. The van der Waals surface area contributed by atoms with E-state index >= 15 is 4.39 Å². The number of rotatable bonds is 5. The van der Waals surface area contributed by atoms with Crippen LogP contribution in [0, 0.1) is 24.0 Å². The van der Waals surface area contributed by atoms with Crippen molar-refractivity contribution in [1.82, 2.24) is 19.9 Å². The highest BCUT2D eigenvalue weighted by molar-refractivity contribution is 6.03. The Bertz CT molecular complexity index is 1860. The van der Waals surface area contributed by atoms with Gasteiger partial charge in [-0.3, -0.25) is 14.7 Å². The first-order valence-electron chi connectivity index (χ1n) is 13.0. The van der Waals surface area contributed by atoms with Gasteiger partial charge in [-0.2, -0.15) is 4.98 Å². The third-order valence-electron chi connectivity index (χ3n) is 7.66. The summed E-state index contributed by atoms with van der Waals surface area (Å²) in [5.41, 5.74) is -1.31. The summed E-state index contributed by atoms with van der Waals surface area (Å²) in [7, 11) is 0. The molecule has 2 aliphatic heterocycles. The van der Waals surface area contributed by atoms with E-state index in [1.165, 1.54) is 31.3 Å². The molecule has 6 rings (SSSR count). The number of aromatic nitrogens is 3. The fraction of sp³-hybridized carbons (Fsp3) is 0.276. The van der Waals surface area contributed by atoms with Gasteiger partial charge in [0, 0.05) is 37.2 Å². The number of piperazine rings is 1. The molecular weight excluding hydrogens is 552 g/mol. The molecule has 0 aliphatic carbocycles. The van der Waals surface area contributed by atoms with E-state index in [2.05, 4.69) is 25.6 Å². The number of nitrogens with one attached hydrogen (secondary N) is 1. The average Bonchev–Trinajstić information content (AvgIpc) is 3.22. The van der Waals surface area contributed by atoms with Crippen LogP contribution in [0.2, 0.25) is 0 Å². The van der Waals surface area contributed by atoms with Gasteiger partial charge in [-0.15, -0.1) is 6.42 Å². The molecule has 2 fully saturated rings. The number of anilines is 1. The normalized spacial score (nSPS) is 18.6. The van der Waals surface area contributed by atoms with E-state index in [4.69, 9.17) is 11.2 Å². The molecular formula is C29H23F2N5O6. The highest BCUT2D eigenvalue weighted by Gasteiger charge is 2.44. The Balaban J connectivity index is 1.41. The number of fused-ring (bicyclic) bond motifs is 4. The number of hydrogen-bond acceptors (Lipinski definition) is 9. The van der Waals surface area contributed by atoms with Crippen LogP contribution >= 0.6 is 0 Å². The van der Waals surface area contributed by atoms with E-state index in [-0.39, 0.29) is 76.3 Å². The largest absolute Gasteiger partial charge is 0.508 e. The van der Waals surface area contributed by atoms with Crippen LogP contribution < -0.4 is 10.6 Å². The number of hydrogen-bond donors (Lipinski definition) is 2. The van der Waals surface area contributed by atoms with Crippen molar-refractivity contribution in [3.8, 4) is 29.4 Å². The number of benzene rings is 2. The van der Waals surface area contributed by atoms with Crippen molar-refractivity contribution < 1.29 is 33.0 Å². The molecule has 3 atom stereocenters. The summed E-state index contributed by atoms with van der Waals surface area (Å²) in [4.78, 5) is 50.2. The molecule has 1 amide bonds. The van der Waals surface area contributed by atoms with Gasteiger partial charge >= 0.3 is 11.8 Å². The van der Waals surface area contributed by atoms with Gasteiger partial charge < -0.3 is 24.5 Å². The SMILES string of the molecule is C#Cc1c(F)ccc2cc(O)cc(-c3ncc4c(N5CC6CCC(C5)N6C(=O)OC(C)OC=O)nc(=O)[nH]c4c3F)c12. The molecule has 0 spiro atoms. The monoisotopic (exact) mass is 575 g/mol. The predicted molar refractivity (Wildman–Crippen MR) is 147 cm³/mol. The molecule has 2 N–H and O–H groups in total. The molecule has 4 aromatic rings. The Morgan fingerprint density at radius 3 is 2.69 bits per heavy atom. The molecule has 13 heteroatoms. The first kappa shape index (κ1) is 26.9. The summed E-state index contributed by atoms with van der Waals surface area (Å²) in [6.45, 7) is 2.19. The molecule has 0 radical (unpaired) electrons. The van der Waals surface area contributed by atoms with Gasteiger partial charge in [-0.1, -0.05) is 12.0 Å². The van der Waals surface area contributed by atoms with E-state index in [0.29, 0.717) is 18.2 Å². The topological polar surface area (TPSA) is 138 Å². The van der Waals surface area contributed by atoms with Gasteiger partial charge in [0.2, 0.25) is 6.29 Å². The van der Waals surface area contributed by atoms with Crippen molar-refractivity contribution in [2.75, 3.05) is 18.0 Å². The van der Waals surface area contributed by atoms with Crippen molar-refractivity contribution >= 4 is 40.1 Å². The summed E-state index contributed by atoms with van der Waals surface area (Å²) in [5.74, 6) is 0.653. The van der Waals surface area contributed by atoms with Crippen LogP contribution in [0.15, 0.2) is 35.3 Å². The molecule has 4 heterocycles. The minimum atomic E-state index is -1.05. The number of pyridine rings is 1. The number of aromatic hydroxyl groups is 1. The van der Waals surface area contributed by atoms with E-state index < -0.39 is 29.7 Å². The molecule has 0 saturated carbocycles. The lowest BCUT2D eigenvalue weighted by molar-refractivity contribution is -0.150. The maximum absolute atomic E-state index is 16.2. The lowest BCUT2D eigenvalue weighted by Crippen LogP contribution is -2.56. The molecule has 2 aliphatic rings. The van der Waals surface area contributed by atoms with Crippen molar-refractivity contribution in [1.29, 1.82) is 0 Å². The number of carbonyl (C=O) groups is 2.